The summed E-state index contributed by atoms with van der Waals surface area (Å²) >= 11 is 3.30. The van der Waals surface area contributed by atoms with Gasteiger partial charge in [-0.2, -0.15) is 0 Å². The number of hydrogen-bond donors (Lipinski definition) is 0. The van der Waals surface area contributed by atoms with Crippen LogP contribution >= 0.6 is 23.1 Å². The molecule has 150 valence electrons. The minimum Gasteiger partial charge on any atom is -0.370 e. The third-order valence-corrected chi connectivity index (χ3v) is 7.69. The van der Waals surface area contributed by atoms with Gasteiger partial charge < -0.3 is 9.64 Å². The van der Waals surface area contributed by atoms with Crippen molar-refractivity contribution in [3.05, 3.63) is 17.5 Å². The van der Waals surface area contributed by atoms with Crippen LogP contribution in [0.15, 0.2) is 11.5 Å². The molecule has 9 heteroatoms. The molecule has 6 heterocycles. The second-order valence-electron chi connectivity index (χ2n) is 8.39. The molecule has 0 atom stereocenters. The van der Waals surface area contributed by atoms with Crippen molar-refractivity contribution >= 4 is 55.0 Å². The second-order valence-corrected chi connectivity index (χ2v) is 10.2. The first-order valence-electron chi connectivity index (χ1n) is 9.96. The molecule has 0 N–H and O–H groups in total. The summed E-state index contributed by atoms with van der Waals surface area (Å²) in [5.74, 6) is 1.11. The maximum absolute atomic E-state index is 6.22. The van der Waals surface area contributed by atoms with Gasteiger partial charge in [-0.25, -0.2) is 9.97 Å². The number of thioether (sulfide) groups is 1. The smallest absolute Gasteiger partial charge is 0.182 e. The Hall–Kier alpha value is -1.97. The van der Waals surface area contributed by atoms with E-state index in [1.807, 2.05) is 10.7 Å². The van der Waals surface area contributed by atoms with E-state index in [2.05, 4.69) is 28.9 Å². The second kappa shape index (κ2) is 6.26. The van der Waals surface area contributed by atoms with E-state index in [1.165, 1.54) is 29.4 Å². The highest BCUT2D eigenvalue weighted by Gasteiger charge is 2.33. The molecular weight excluding hydrogens is 404 g/mol. The van der Waals surface area contributed by atoms with Crippen molar-refractivity contribution in [3.63, 3.8) is 0 Å². The molecule has 4 aromatic rings. The zero-order valence-electron chi connectivity index (χ0n) is 16.7. The summed E-state index contributed by atoms with van der Waals surface area (Å²) in [4.78, 5) is 13.7. The van der Waals surface area contributed by atoms with Crippen LogP contribution in [0.5, 0.6) is 0 Å². The van der Waals surface area contributed by atoms with Crippen LogP contribution in [0.1, 0.15) is 37.8 Å². The number of pyridine rings is 1. The summed E-state index contributed by atoms with van der Waals surface area (Å²) in [6, 6.07) is 0. The van der Waals surface area contributed by atoms with Crippen LogP contribution in [0, 0.1) is 0 Å². The quantitative estimate of drug-likeness (QED) is 0.354. The average Bonchev–Trinajstić information content (AvgIpc) is 3.43. The predicted octanol–water partition coefficient (Wildman–Crippen LogP) is 4.06. The standard InChI is InChI=1S/C20H22N6OS2/c1-20(2)8-11-12(9-27-20)16(25-6-4-5-7-25)23-18-13(11)14-15(29-18)17-24-21-10-26(17)19(22-14)28-3/h10H,4-9H2,1-3H3. The lowest BCUT2D eigenvalue weighted by atomic mass is 9.90. The average molecular weight is 427 g/mol. The maximum Gasteiger partial charge on any atom is 0.182 e. The molecule has 0 bridgehead atoms. The molecule has 0 aromatic carbocycles. The Morgan fingerprint density at radius 2 is 2.00 bits per heavy atom. The third kappa shape index (κ3) is 2.60. The summed E-state index contributed by atoms with van der Waals surface area (Å²) in [5, 5.41) is 10.6. The number of hydrogen-bond acceptors (Lipinski definition) is 8. The predicted molar refractivity (Wildman–Crippen MR) is 117 cm³/mol. The van der Waals surface area contributed by atoms with Crippen molar-refractivity contribution in [2.45, 2.75) is 50.5 Å². The van der Waals surface area contributed by atoms with Gasteiger partial charge in [0.2, 0.25) is 0 Å². The van der Waals surface area contributed by atoms with Crippen molar-refractivity contribution in [2.24, 2.45) is 0 Å². The molecule has 1 saturated heterocycles. The van der Waals surface area contributed by atoms with Crippen molar-refractivity contribution in [1.82, 2.24) is 24.6 Å². The largest absolute Gasteiger partial charge is 0.370 e. The minimum atomic E-state index is -0.195. The molecule has 29 heavy (non-hydrogen) atoms. The van der Waals surface area contributed by atoms with Gasteiger partial charge in [0.1, 0.15) is 21.7 Å². The number of thiophene rings is 1. The summed E-state index contributed by atoms with van der Waals surface area (Å²) in [6.07, 6.45) is 7.10. The Morgan fingerprint density at radius 3 is 2.79 bits per heavy atom. The molecule has 0 amide bonds. The summed E-state index contributed by atoms with van der Waals surface area (Å²) in [7, 11) is 0. The van der Waals surface area contributed by atoms with Gasteiger partial charge in [0.05, 0.1) is 17.7 Å². The van der Waals surface area contributed by atoms with Crippen LogP contribution in [0.3, 0.4) is 0 Å². The highest BCUT2D eigenvalue weighted by molar-refractivity contribution is 7.98. The number of nitrogens with zero attached hydrogens (tertiary/aromatic N) is 6. The van der Waals surface area contributed by atoms with Crippen LogP contribution in [-0.4, -0.2) is 49.5 Å². The number of ether oxygens (including phenoxy) is 1. The van der Waals surface area contributed by atoms with Crippen LogP contribution in [0.25, 0.3) is 26.1 Å². The minimum absolute atomic E-state index is 0.195. The maximum atomic E-state index is 6.22. The Bertz CT molecular complexity index is 1270. The number of fused-ring (bicyclic) bond motifs is 7. The number of anilines is 1. The zero-order valence-corrected chi connectivity index (χ0v) is 18.4. The molecule has 0 aliphatic carbocycles. The number of aromatic nitrogens is 5. The monoisotopic (exact) mass is 426 g/mol. The van der Waals surface area contributed by atoms with Crippen LogP contribution < -0.4 is 4.90 Å². The molecule has 6 rings (SSSR count). The Balaban J connectivity index is 1.73. The zero-order chi connectivity index (χ0) is 19.8. The van der Waals surface area contributed by atoms with Crippen molar-refractivity contribution in [1.29, 1.82) is 0 Å². The molecule has 2 aliphatic heterocycles. The summed E-state index contributed by atoms with van der Waals surface area (Å²) in [5.41, 5.74) is 4.27. The van der Waals surface area contributed by atoms with Gasteiger partial charge in [0, 0.05) is 30.5 Å². The van der Waals surface area contributed by atoms with Crippen molar-refractivity contribution < 1.29 is 4.74 Å². The van der Waals surface area contributed by atoms with Crippen LogP contribution in [0.4, 0.5) is 5.82 Å². The normalized spacial score (nSPS) is 18.9. The Labute approximate surface area is 176 Å². The molecule has 0 saturated carbocycles. The molecule has 0 unspecified atom stereocenters. The highest BCUT2D eigenvalue weighted by Crippen LogP contribution is 2.44. The van der Waals surface area contributed by atoms with Crippen molar-refractivity contribution in [3.8, 4) is 0 Å². The molecular formula is C20H22N6OS2. The van der Waals surface area contributed by atoms with E-state index in [0.29, 0.717) is 6.61 Å². The lowest BCUT2D eigenvalue weighted by Crippen LogP contribution is -2.33. The van der Waals surface area contributed by atoms with Crippen molar-refractivity contribution in [2.75, 3.05) is 24.2 Å². The van der Waals surface area contributed by atoms with Gasteiger partial charge in [0.15, 0.2) is 10.8 Å². The fourth-order valence-electron chi connectivity index (χ4n) is 4.57. The fourth-order valence-corrected chi connectivity index (χ4v) is 6.21. The summed E-state index contributed by atoms with van der Waals surface area (Å²) in [6.45, 7) is 7.09. The Kier molecular flexibility index (Phi) is 3.86. The fraction of sp³-hybridized carbons (Fsp3) is 0.500. The van der Waals surface area contributed by atoms with Gasteiger partial charge in [-0.05, 0) is 38.5 Å². The highest BCUT2D eigenvalue weighted by atomic mass is 32.2. The Morgan fingerprint density at radius 1 is 1.17 bits per heavy atom. The van der Waals surface area contributed by atoms with E-state index in [-0.39, 0.29) is 5.60 Å². The third-order valence-electron chi connectivity index (χ3n) is 5.97. The van der Waals surface area contributed by atoms with E-state index in [0.717, 1.165) is 51.2 Å². The van der Waals surface area contributed by atoms with Crippen LogP contribution in [0.2, 0.25) is 0 Å². The molecule has 1 fully saturated rings. The first kappa shape index (κ1) is 17.9. The first-order chi connectivity index (χ1) is 14.1. The lowest BCUT2D eigenvalue weighted by molar-refractivity contribution is -0.0395. The van der Waals surface area contributed by atoms with Gasteiger partial charge in [-0.1, -0.05) is 11.8 Å². The summed E-state index contributed by atoms with van der Waals surface area (Å²) < 4.78 is 9.26. The molecule has 0 radical (unpaired) electrons. The SMILES string of the molecule is CSc1nc2c(sc3nc(N4CCCC4)c4c(c32)CC(C)(C)OC4)c2nncn12. The van der Waals surface area contributed by atoms with E-state index >= 15 is 0 Å². The lowest BCUT2D eigenvalue weighted by Gasteiger charge is -2.34. The van der Waals surface area contributed by atoms with E-state index in [4.69, 9.17) is 14.7 Å². The van der Waals surface area contributed by atoms with E-state index < -0.39 is 0 Å². The van der Waals surface area contributed by atoms with E-state index in [1.54, 1.807) is 29.4 Å². The number of rotatable bonds is 2. The molecule has 2 aliphatic rings. The van der Waals surface area contributed by atoms with Gasteiger partial charge >= 0.3 is 0 Å². The van der Waals surface area contributed by atoms with Gasteiger partial charge in [-0.3, -0.25) is 4.40 Å². The van der Waals surface area contributed by atoms with Gasteiger partial charge in [0.25, 0.3) is 0 Å². The molecule has 4 aromatic heterocycles. The van der Waals surface area contributed by atoms with Crippen LogP contribution in [-0.2, 0) is 17.8 Å². The topological polar surface area (TPSA) is 68.4 Å². The van der Waals surface area contributed by atoms with Gasteiger partial charge in [-0.15, -0.1) is 21.5 Å². The van der Waals surface area contributed by atoms with E-state index in [9.17, 15) is 0 Å². The first-order valence-corrected chi connectivity index (χ1v) is 12.0. The molecule has 0 spiro atoms. The molecule has 7 nitrogen and oxygen atoms in total.